The van der Waals surface area contributed by atoms with Crippen molar-refractivity contribution >= 4 is 16.8 Å². The maximum atomic E-state index is 10.3. The van der Waals surface area contributed by atoms with E-state index in [1.54, 1.807) is 13.2 Å². The second-order valence-electron chi connectivity index (χ2n) is 3.50. The fourth-order valence-corrected chi connectivity index (χ4v) is 1.76. The SMILES string of the molecule is COc1ccc(C=C[N+](=O)[O-])c2ccccc12. The van der Waals surface area contributed by atoms with E-state index in [2.05, 4.69) is 0 Å². The Balaban J connectivity index is 2.62. The second kappa shape index (κ2) is 4.65. The first-order chi connectivity index (χ1) is 8.22. The molecule has 4 heteroatoms. The normalized spacial score (nSPS) is 10.9. The highest BCUT2D eigenvalue weighted by atomic mass is 16.6. The molecule has 0 aliphatic carbocycles. The van der Waals surface area contributed by atoms with Gasteiger partial charge in [-0.05, 0) is 17.0 Å². The van der Waals surface area contributed by atoms with Crippen LogP contribution in [0.3, 0.4) is 0 Å². The zero-order valence-electron chi connectivity index (χ0n) is 9.29. The zero-order chi connectivity index (χ0) is 12.3. The molecule has 4 nitrogen and oxygen atoms in total. The van der Waals surface area contributed by atoms with Crippen molar-refractivity contribution in [1.82, 2.24) is 0 Å². The van der Waals surface area contributed by atoms with E-state index in [-0.39, 0.29) is 0 Å². The number of rotatable bonds is 3. The van der Waals surface area contributed by atoms with Crippen molar-refractivity contribution in [2.45, 2.75) is 0 Å². The second-order valence-corrected chi connectivity index (χ2v) is 3.50. The molecular formula is C13H11NO3. The highest BCUT2D eigenvalue weighted by Crippen LogP contribution is 2.28. The van der Waals surface area contributed by atoms with E-state index in [1.165, 1.54) is 6.08 Å². The lowest BCUT2D eigenvalue weighted by Crippen LogP contribution is -1.88. The Bertz CT molecular complexity index is 590. The molecule has 0 heterocycles. The minimum Gasteiger partial charge on any atom is -0.496 e. The quantitative estimate of drug-likeness (QED) is 0.600. The number of nitro groups is 1. The van der Waals surface area contributed by atoms with Crippen LogP contribution in [0.15, 0.2) is 42.6 Å². The fraction of sp³-hybridized carbons (Fsp3) is 0.0769. The Labute approximate surface area is 98.3 Å². The summed E-state index contributed by atoms with van der Waals surface area (Å²) >= 11 is 0. The van der Waals surface area contributed by atoms with E-state index in [0.29, 0.717) is 0 Å². The van der Waals surface area contributed by atoms with Crippen LogP contribution in [-0.4, -0.2) is 12.0 Å². The van der Waals surface area contributed by atoms with Gasteiger partial charge < -0.3 is 4.74 Å². The lowest BCUT2D eigenvalue weighted by atomic mass is 10.0. The minimum atomic E-state index is -0.473. The third-order valence-corrected chi connectivity index (χ3v) is 2.51. The summed E-state index contributed by atoms with van der Waals surface area (Å²) in [4.78, 5) is 9.85. The third kappa shape index (κ3) is 2.25. The summed E-state index contributed by atoms with van der Waals surface area (Å²) in [5, 5.41) is 12.2. The molecular weight excluding hydrogens is 218 g/mol. The number of hydrogen-bond donors (Lipinski definition) is 0. The van der Waals surface area contributed by atoms with Crippen molar-refractivity contribution in [3.05, 3.63) is 58.3 Å². The van der Waals surface area contributed by atoms with Gasteiger partial charge in [0.2, 0.25) is 6.20 Å². The van der Waals surface area contributed by atoms with Crippen molar-refractivity contribution in [2.24, 2.45) is 0 Å². The van der Waals surface area contributed by atoms with Crippen LogP contribution in [0.4, 0.5) is 0 Å². The molecule has 0 N–H and O–H groups in total. The zero-order valence-corrected chi connectivity index (χ0v) is 9.29. The van der Waals surface area contributed by atoms with E-state index in [1.807, 2.05) is 30.3 Å². The first-order valence-corrected chi connectivity index (χ1v) is 5.10. The monoisotopic (exact) mass is 229 g/mol. The van der Waals surface area contributed by atoms with Crippen LogP contribution < -0.4 is 4.74 Å². The van der Waals surface area contributed by atoms with E-state index in [0.717, 1.165) is 28.3 Å². The summed E-state index contributed by atoms with van der Waals surface area (Å²) in [6.45, 7) is 0. The van der Waals surface area contributed by atoms with Gasteiger partial charge in [0.05, 0.1) is 12.0 Å². The van der Waals surface area contributed by atoms with Crippen LogP contribution in [0.5, 0.6) is 5.75 Å². The van der Waals surface area contributed by atoms with Gasteiger partial charge in [-0.15, -0.1) is 0 Å². The number of nitrogens with zero attached hydrogens (tertiary/aromatic N) is 1. The molecule has 2 rings (SSSR count). The largest absolute Gasteiger partial charge is 0.496 e. The number of ether oxygens (including phenoxy) is 1. The van der Waals surface area contributed by atoms with Gasteiger partial charge in [-0.3, -0.25) is 10.1 Å². The van der Waals surface area contributed by atoms with Gasteiger partial charge in [0.15, 0.2) is 0 Å². The molecule has 0 amide bonds. The maximum Gasteiger partial charge on any atom is 0.235 e. The van der Waals surface area contributed by atoms with E-state index < -0.39 is 4.92 Å². The average Bonchev–Trinajstić information content (AvgIpc) is 2.35. The van der Waals surface area contributed by atoms with Gasteiger partial charge in [0.1, 0.15) is 5.75 Å². The lowest BCUT2D eigenvalue weighted by Gasteiger charge is -2.07. The van der Waals surface area contributed by atoms with Gasteiger partial charge in [-0.1, -0.05) is 30.3 Å². The molecule has 0 saturated carbocycles. The maximum absolute atomic E-state index is 10.3. The van der Waals surface area contributed by atoms with Crippen molar-refractivity contribution < 1.29 is 9.66 Å². The van der Waals surface area contributed by atoms with Crippen LogP contribution in [0.1, 0.15) is 5.56 Å². The van der Waals surface area contributed by atoms with Gasteiger partial charge in [-0.2, -0.15) is 0 Å². The molecule has 0 fully saturated rings. The van der Waals surface area contributed by atoms with Crippen LogP contribution in [-0.2, 0) is 0 Å². The molecule has 17 heavy (non-hydrogen) atoms. The third-order valence-electron chi connectivity index (χ3n) is 2.51. The standard InChI is InChI=1S/C13H11NO3/c1-17-13-7-6-10(8-9-14(15)16)11-4-2-3-5-12(11)13/h2-9H,1H3. The van der Waals surface area contributed by atoms with Crippen LogP contribution in [0, 0.1) is 10.1 Å². The Hall–Kier alpha value is -2.36. The predicted octanol–water partition coefficient (Wildman–Crippen LogP) is 3.10. The summed E-state index contributed by atoms with van der Waals surface area (Å²) in [6, 6.07) is 11.3. The molecule has 0 aliphatic rings. The van der Waals surface area contributed by atoms with Crippen molar-refractivity contribution in [3.8, 4) is 5.75 Å². The van der Waals surface area contributed by atoms with E-state index >= 15 is 0 Å². The highest BCUT2D eigenvalue weighted by Gasteiger charge is 2.04. The summed E-state index contributed by atoms with van der Waals surface area (Å²) in [7, 11) is 1.61. The molecule has 86 valence electrons. The lowest BCUT2D eigenvalue weighted by molar-refractivity contribution is -0.400. The smallest absolute Gasteiger partial charge is 0.235 e. The fourth-order valence-electron chi connectivity index (χ4n) is 1.76. The van der Waals surface area contributed by atoms with Gasteiger partial charge in [0, 0.05) is 11.5 Å². The first kappa shape index (κ1) is 11.1. The van der Waals surface area contributed by atoms with Crippen molar-refractivity contribution in [2.75, 3.05) is 7.11 Å². The highest BCUT2D eigenvalue weighted by molar-refractivity contribution is 5.94. The number of methoxy groups -OCH3 is 1. The molecule has 2 aromatic carbocycles. The molecule has 0 spiro atoms. The van der Waals surface area contributed by atoms with Gasteiger partial charge in [-0.25, -0.2) is 0 Å². The Morgan fingerprint density at radius 3 is 2.53 bits per heavy atom. The van der Waals surface area contributed by atoms with Gasteiger partial charge in [0.25, 0.3) is 0 Å². The molecule has 0 aliphatic heterocycles. The molecule has 0 radical (unpaired) electrons. The number of benzene rings is 2. The molecule has 0 unspecified atom stereocenters. The van der Waals surface area contributed by atoms with Gasteiger partial charge >= 0.3 is 0 Å². The summed E-state index contributed by atoms with van der Waals surface area (Å²) in [6.07, 6.45) is 2.43. The molecule has 0 atom stereocenters. The summed E-state index contributed by atoms with van der Waals surface area (Å²) in [5.41, 5.74) is 0.804. The molecule has 2 aromatic rings. The topological polar surface area (TPSA) is 52.4 Å². The predicted molar refractivity (Wildman–Crippen MR) is 66.5 cm³/mol. The number of hydrogen-bond acceptors (Lipinski definition) is 3. The molecule has 0 bridgehead atoms. The molecule has 0 aromatic heterocycles. The average molecular weight is 229 g/mol. The Morgan fingerprint density at radius 2 is 1.88 bits per heavy atom. The van der Waals surface area contributed by atoms with Crippen molar-refractivity contribution in [1.29, 1.82) is 0 Å². The van der Waals surface area contributed by atoms with Crippen molar-refractivity contribution in [3.63, 3.8) is 0 Å². The first-order valence-electron chi connectivity index (χ1n) is 5.10. The molecule has 0 saturated heterocycles. The van der Waals surface area contributed by atoms with E-state index in [4.69, 9.17) is 4.74 Å². The number of fused-ring (bicyclic) bond motifs is 1. The summed E-state index contributed by atoms with van der Waals surface area (Å²) < 4.78 is 5.25. The Morgan fingerprint density at radius 1 is 1.18 bits per heavy atom. The van der Waals surface area contributed by atoms with Crippen LogP contribution in [0.2, 0.25) is 0 Å². The van der Waals surface area contributed by atoms with Crippen LogP contribution >= 0.6 is 0 Å². The minimum absolute atomic E-state index is 0.473. The Kier molecular flexibility index (Phi) is 3.05. The van der Waals surface area contributed by atoms with E-state index in [9.17, 15) is 10.1 Å². The summed E-state index contributed by atoms with van der Waals surface area (Å²) in [5.74, 6) is 0.763. The van der Waals surface area contributed by atoms with Crippen LogP contribution in [0.25, 0.3) is 16.8 Å².